The van der Waals surface area contributed by atoms with Crippen LogP contribution < -0.4 is 10.6 Å². The highest BCUT2D eigenvalue weighted by molar-refractivity contribution is 9.10. The number of nitrogens with one attached hydrogen (secondary N) is 2. The number of carbonyl (C=O) groups is 1. The fraction of sp³-hybridized carbons (Fsp3) is 0.562. The summed E-state index contributed by atoms with van der Waals surface area (Å²) in [7, 11) is 0. The van der Waals surface area contributed by atoms with Crippen LogP contribution in [0.1, 0.15) is 25.7 Å². The third-order valence-corrected chi connectivity index (χ3v) is 5.75. The van der Waals surface area contributed by atoms with Gasteiger partial charge in [0.1, 0.15) is 0 Å². The van der Waals surface area contributed by atoms with Gasteiger partial charge in [-0.1, -0.05) is 12.1 Å². The molecular formula is C16H24BrClN2OS. The summed E-state index contributed by atoms with van der Waals surface area (Å²) < 4.78 is 1.16. The first-order valence-electron chi connectivity index (χ1n) is 7.63. The third-order valence-electron chi connectivity index (χ3n) is 3.63. The van der Waals surface area contributed by atoms with Crippen molar-refractivity contribution in [2.24, 2.45) is 5.92 Å². The van der Waals surface area contributed by atoms with Crippen LogP contribution in [0.15, 0.2) is 33.6 Å². The molecule has 0 bridgehead atoms. The maximum atomic E-state index is 11.9. The van der Waals surface area contributed by atoms with E-state index in [0.717, 1.165) is 55.5 Å². The Morgan fingerprint density at radius 2 is 2.18 bits per heavy atom. The molecule has 6 heteroatoms. The Kier molecular flexibility index (Phi) is 10.2. The van der Waals surface area contributed by atoms with Crippen molar-refractivity contribution in [2.45, 2.75) is 30.6 Å². The van der Waals surface area contributed by atoms with Crippen LogP contribution in [0.5, 0.6) is 0 Å². The summed E-state index contributed by atoms with van der Waals surface area (Å²) in [6.45, 7) is 2.69. The maximum absolute atomic E-state index is 11.9. The molecule has 1 amide bonds. The number of hydrogen-bond donors (Lipinski definition) is 2. The van der Waals surface area contributed by atoms with Crippen molar-refractivity contribution in [3.05, 3.63) is 28.7 Å². The van der Waals surface area contributed by atoms with E-state index in [-0.39, 0.29) is 24.2 Å². The Labute approximate surface area is 151 Å². The van der Waals surface area contributed by atoms with Gasteiger partial charge >= 0.3 is 0 Å². The minimum atomic E-state index is 0. The van der Waals surface area contributed by atoms with Crippen LogP contribution in [0.25, 0.3) is 0 Å². The zero-order chi connectivity index (χ0) is 14.9. The summed E-state index contributed by atoms with van der Waals surface area (Å²) in [6, 6.07) is 8.29. The van der Waals surface area contributed by atoms with Crippen molar-refractivity contribution in [3.63, 3.8) is 0 Å². The summed E-state index contributed by atoms with van der Waals surface area (Å²) in [5.74, 6) is 1.48. The van der Waals surface area contributed by atoms with E-state index in [1.54, 1.807) is 0 Å². The quantitative estimate of drug-likeness (QED) is 0.533. The molecule has 124 valence electrons. The number of benzene rings is 1. The highest BCUT2D eigenvalue weighted by atomic mass is 79.9. The summed E-state index contributed by atoms with van der Waals surface area (Å²) in [6.07, 6.45) is 4.30. The van der Waals surface area contributed by atoms with E-state index in [1.807, 2.05) is 17.8 Å². The fourth-order valence-electron chi connectivity index (χ4n) is 2.40. The van der Waals surface area contributed by atoms with Crippen LogP contribution in [-0.4, -0.2) is 31.3 Å². The van der Waals surface area contributed by atoms with Gasteiger partial charge in [0.05, 0.1) is 5.92 Å². The standard InChI is InChI=1S/C16H23BrN2OS.ClH/c17-14-7-1-2-8-15(14)21-11-4-3-10-19-16(20)13-6-5-9-18-12-13;/h1-2,7-8,13,18H,3-6,9-12H2,(H,19,20);1H. The average Bonchev–Trinajstić information content (AvgIpc) is 2.53. The molecule has 0 aliphatic carbocycles. The average molecular weight is 408 g/mol. The molecule has 1 unspecified atom stereocenters. The number of thioether (sulfide) groups is 1. The molecule has 0 saturated carbocycles. The summed E-state index contributed by atoms with van der Waals surface area (Å²) in [4.78, 5) is 13.2. The molecule has 1 saturated heterocycles. The van der Waals surface area contributed by atoms with E-state index in [4.69, 9.17) is 0 Å². The molecular weight excluding hydrogens is 384 g/mol. The fourth-order valence-corrected chi connectivity index (χ4v) is 3.98. The molecule has 1 aliphatic heterocycles. The lowest BCUT2D eigenvalue weighted by Gasteiger charge is -2.21. The zero-order valence-corrected chi connectivity index (χ0v) is 15.9. The number of amides is 1. The Bertz CT molecular complexity index is 456. The smallest absolute Gasteiger partial charge is 0.224 e. The molecule has 2 N–H and O–H groups in total. The van der Waals surface area contributed by atoms with Crippen molar-refractivity contribution in [3.8, 4) is 0 Å². The maximum Gasteiger partial charge on any atom is 0.224 e. The van der Waals surface area contributed by atoms with Gasteiger partial charge in [0.25, 0.3) is 0 Å². The van der Waals surface area contributed by atoms with Crippen molar-refractivity contribution >= 4 is 46.0 Å². The molecule has 1 fully saturated rings. The molecule has 1 atom stereocenters. The Balaban J connectivity index is 0.00000242. The topological polar surface area (TPSA) is 41.1 Å². The molecule has 22 heavy (non-hydrogen) atoms. The minimum absolute atomic E-state index is 0. The molecule has 2 rings (SSSR count). The number of piperidine rings is 1. The predicted molar refractivity (Wildman–Crippen MR) is 100.0 cm³/mol. The predicted octanol–water partition coefficient (Wildman–Crippen LogP) is 3.86. The van der Waals surface area contributed by atoms with Gasteiger partial charge in [-0.05, 0) is 66.0 Å². The van der Waals surface area contributed by atoms with E-state index in [0.29, 0.717) is 0 Å². The van der Waals surface area contributed by atoms with Crippen molar-refractivity contribution in [1.82, 2.24) is 10.6 Å². The number of hydrogen-bond acceptors (Lipinski definition) is 3. The van der Waals surface area contributed by atoms with E-state index < -0.39 is 0 Å². The first-order valence-corrected chi connectivity index (χ1v) is 9.41. The highest BCUT2D eigenvalue weighted by Crippen LogP contribution is 2.27. The van der Waals surface area contributed by atoms with E-state index >= 15 is 0 Å². The van der Waals surface area contributed by atoms with Crippen LogP contribution in [0.3, 0.4) is 0 Å². The minimum Gasteiger partial charge on any atom is -0.356 e. The SMILES string of the molecule is Cl.O=C(NCCCCSc1ccccc1Br)C1CCCNC1. The van der Waals surface area contributed by atoms with E-state index in [9.17, 15) is 4.79 Å². The second-order valence-corrected chi connectivity index (χ2v) is 7.31. The second kappa shape index (κ2) is 11.3. The van der Waals surface area contributed by atoms with E-state index in [1.165, 1.54) is 4.90 Å². The molecule has 0 spiro atoms. The number of carbonyl (C=O) groups excluding carboxylic acids is 1. The molecule has 1 heterocycles. The lowest BCUT2D eigenvalue weighted by Crippen LogP contribution is -2.40. The van der Waals surface area contributed by atoms with Crippen LogP contribution in [0.2, 0.25) is 0 Å². The lowest BCUT2D eigenvalue weighted by atomic mass is 9.99. The summed E-state index contributed by atoms with van der Waals surface area (Å²) in [5, 5.41) is 6.35. The molecule has 1 aromatic rings. The van der Waals surface area contributed by atoms with Crippen LogP contribution >= 0.6 is 40.1 Å². The first kappa shape index (κ1) is 19.8. The van der Waals surface area contributed by atoms with Crippen molar-refractivity contribution in [2.75, 3.05) is 25.4 Å². The molecule has 0 radical (unpaired) electrons. The largest absolute Gasteiger partial charge is 0.356 e. The lowest BCUT2D eigenvalue weighted by molar-refractivity contribution is -0.125. The van der Waals surface area contributed by atoms with Crippen LogP contribution in [-0.2, 0) is 4.79 Å². The highest BCUT2D eigenvalue weighted by Gasteiger charge is 2.19. The second-order valence-electron chi connectivity index (χ2n) is 5.32. The number of halogens is 2. The van der Waals surface area contributed by atoms with Gasteiger partial charge < -0.3 is 10.6 Å². The van der Waals surface area contributed by atoms with Gasteiger partial charge in [-0.25, -0.2) is 0 Å². The number of unbranched alkanes of at least 4 members (excludes halogenated alkanes) is 1. The molecule has 1 aliphatic rings. The van der Waals surface area contributed by atoms with Crippen molar-refractivity contribution in [1.29, 1.82) is 0 Å². The van der Waals surface area contributed by atoms with Gasteiger partial charge in [-0.2, -0.15) is 0 Å². The van der Waals surface area contributed by atoms with Crippen LogP contribution in [0, 0.1) is 5.92 Å². The van der Waals surface area contributed by atoms with E-state index in [2.05, 4.69) is 44.8 Å². The van der Waals surface area contributed by atoms with Gasteiger partial charge in [0, 0.05) is 22.5 Å². The van der Waals surface area contributed by atoms with Crippen molar-refractivity contribution < 1.29 is 4.79 Å². The number of rotatable bonds is 7. The van der Waals surface area contributed by atoms with Gasteiger partial charge in [-0.15, -0.1) is 24.2 Å². The first-order chi connectivity index (χ1) is 10.3. The summed E-state index contributed by atoms with van der Waals surface area (Å²) in [5.41, 5.74) is 0. The molecule has 1 aromatic carbocycles. The third kappa shape index (κ3) is 6.90. The van der Waals surface area contributed by atoms with Gasteiger partial charge in [-0.3, -0.25) is 4.79 Å². The van der Waals surface area contributed by atoms with Gasteiger partial charge in [0.15, 0.2) is 0 Å². The normalized spacial score (nSPS) is 17.6. The zero-order valence-electron chi connectivity index (χ0n) is 12.6. The monoisotopic (exact) mass is 406 g/mol. The summed E-state index contributed by atoms with van der Waals surface area (Å²) >= 11 is 5.42. The Hall–Kier alpha value is -0.230. The Morgan fingerprint density at radius 3 is 2.91 bits per heavy atom. The molecule has 3 nitrogen and oxygen atoms in total. The van der Waals surface area contributed by atoms with Crippen LogP contribution in [0.4, 0.5) is 0 Å². The Morgan fingerprint density at radius 1 is 1.36 bits per heavy atom. The van der Waals surface area contributed by atoms with Gasteiger partial charge in [0.2, 0.25) is 5.91 Å². The molecule has 0 aromatic heterocycles.